The van der Waals surface area contributed by atoms with Crippen molar-refractivity contribution in [2.45, 2.75) is 52.2 Å². The van der Waals surface area contributed by atoms with E-state index in [0.717, 1.165) is 49.6 Å². The Labute approximate surface area is 149 Å². The maximum atomic E-state index is 12.7. The summed E-state index contributed by atoms with van der Waals surface area (Å²) in [5, 5.41) is 4.75. The van der Waals surface area contributed by atoms with Crippen LogP contribution in [0.2, 0.25) is 0 Å². The number of rotatable bonds is 3. The molecule has 1 aromatic heterocycles. The Kier molecular flexibility index (Phi) is 4.12. The van der Waals surface area contributed by atoms with Gasteiger partial charge >= 0.3 is 0 Å². The molecule has 0 radical (unpaired) electrons. The molecule has 2 aliphatic rings. The normalized spacial score (nSPS) is 24.0. The van der Waals surface area contributed by atoms with Crippen LogP contribution in [0.15, 0.2) is 30.3 Å². The van der Waals surface area contributed by atoms with Gasteiger partial charge in [0.25, 0.3) is 0 Å². The van der Waals surface area contributed by atoms with Crippen LogP contribution in [0.25, 0.3) is 5.69 Å². The van der Waals surface area contributed by atoms with Crippen molar-refractivity contribution in [1.82, 2.24) is 19.6 Å². The van der Waals surface area contributed by atoms with Gasteiger partial charge in [-0.05, 0) is 45.7 Å². The van der Waals surface area contributed by atoms with Crippen LogP contribution >= 0.6 is 0 Å². The van der Waals surface area contributed by atoms with Crippen LogP contribution in [0.5, 0.6) is 0 Å². The van der Waals surface area contributed by atoms with Crippen molar-refractivity contribution >= 4 is 5.91 Å². The van der Waals surface area contributed by atoms with Gasteiger partial charge in [-0.3, -0.25) is 9.69 Å². The molecule has 3 heterocycles. The quantitative estimate of drug-likeness (QED) is 0.864. The van der Waals surface area contributed by atoms with E-state index in [1.54, 1.807) is 0 Å². The Morgan fingerprint density at radius 3 is 2.72 bits per heavy atom. The third-order valence-electron chi connectivity index (χ3n) is 5.81. The molecule has 1 aromatic carbocycles. The first kappa shape index (κ1) is 16.3. The SMILES string of the molecule is Cc1nn(-c2ccccc2)c(C)c1CN1C[C@@H]2CCCN2C(=O)[C@@H]1C. The van der Waals surface area contributed by atoms with Crippen LogP contribution in [0, 0.1) is 13.8 Å². The summed E-state index contributed by atoms with van der Waals surface area (Å²) in [5.74, 6) is 0.291. The Morgan fingerprint density at radius 1 is 1.20 bits per heavy atom. The lowest BCUT2D eigenvalue weighted by Gasteiger charge is -2.41. The van der Waals surface area contributed by atoms with Crippen molar-refractivity contribution in [2.24, 2.45) is 0 Å². The van der Waals surface area contributed by atoms with Gasteiger partial charge in [0, 0.05) is 36.9 Å². The number of hydrogen-bond donors (Lipinski definition) is 0. The van der Waals surface area contributed by atoms with E-state index >= 15 is 0 Å². The van der Waals surface area contributed by atoms with E-state index in [0.29, 0.717) is 11.9 Å². The minimum Gasteiger partial charge on any atom is -0.337 e. The van der Waals surface area contributed by atoms with Gasteiger partial charge in [-0.2, -0.15) is 5.10 Å². The lowest BCUT2D eigenvalue weighted by molar-refractivity contribution is -0.143. The van der Waals surface area contributed by atoms with Crippen LogP contribution < -0.4 is 0 Å². The molecule has 1 amide bonds. The van der Waals surface area contributed by atoms with E-state index in [2.05, 4.69) is 35.8 Å². The average Bonchev–Trinajstić information content (AvgIpc) is 3.20. The number of aromatic nitrogens is 2. The van der Waals surface area contributed by atoms with Crippen LogP contribution in [0.3, 0.4) is 0 Å². The number of para-hydroxylation sites is 1. The highest BCUT2D eigenvalue weighted by Gasteiger charge is 2.40. The first-order valence-corrected chi connectivity index (χ1v) is 9.21. The predicted octanol–water partition coefficient (Wildman–Crippen LogP) is 2.68. The summed E-state index contributed by atoms with van der Waals surface area (Å²) >= 11 is 0. The number of fused-ring (bicyclic) bond motifs is 1. The minimum atomic E-state index is -0.0479. The molecule has 4 rings (SSSR count). The second-order valence-electron chi connectivity index (χ2n) is 7.33. The second kappa shape index (κ2) is 6.30. The molecule has 0 bridgehead atoms. The number of aryl methyl sites for hydroxylation is 1. The fourth-order valence-corrected chi connectivity index (χ4v) is 4.27. The largest absolute Gasteiger partial charge is 0.337 e. The summed E-state index contributed by atoms with van der Waals surface area (Å²) in [5.41, 5.74) is 4.54. The molecular weight excluding hydrogens is 312 g/mol. The zero-order valence-corrected chi connectivity index (χ0v) is 15.3. The zero-order chi connectivity index (χ0) is 17.6. The van der Waals surface area contributed by atoms with Gasteiger partial charge in [0.1, 0.15) is 0 Å². The molecule has 2 fully saturated rings. The molecule has 5 heteroatoms. The minimum absolute atomic E-state index is 0.0479. The summed E-state index contributed by atoms with van der Waals surface area (Å²) in [6.07, 6.45) is 2.27. The zero-order valence-electron chi connectivity index (χ0n) is 15.3. The van der Waals surface area contributed by atoms with Gasteiger partial charge in [-0.25, -0.2) is 4.68 Å². The molecule has 2 aromatic rings. The molecule has 0 saturated carbocycles. The smallest absolute Gasteiger partial charge is 0.239 e. The van der Waals surface area contributed by atoms with Crippen molar-refractivity contribution in [2.75, 3.05) is 13.1 Å². The topological polar surface area (TPSA) is 41.4 Å². The fraction of sp³-hybridized carbons (Fsp3) is 0.500. The van der Waals surface area contributed by atoms with Crippen molar-refractivity contribution in [3.8, 4) is 5.69 Å². The number of benzene rings is 1. The lowest BCUT2D eigenvalue weighted by Crippen LogP contribution is -2.58. The predicted molar refractivity (Wildman–Crippen MR) is 97.6 cm³/mol. The van der Waals surface area contributed by atoms with Crippen LogP contribution in [-0.2, 0) is 11.3 Å². The van der Waals surface area contributed by atoms with E-state index in [1.165, 1.54) is 5.56 Å². The van der Waals surface area contributed by atoms with Gasteiger partial charge in [0.05, 0.1) is 17.4 Å². The summed E-state index contributed by atoms with van der Waals surface area (Å²) < 4.78 is 2.02. The van der Waals surface area contributed by atoms with Gasteiger partial charge < -0.3 is 4.90 Å². The van der Waals surface area contributed by atoms with Gasteiger partial charge in [-0.1, -0.05) is 18.2 Å². The summed E-state index contributed by atoms with van der Waals surface area (Å²) in [7, 11) is 0. The van der Waals surface area contributed by atoms with Crippen molar-refractivity contribution in [3.05, 3.63) is 47.3 Å². The standard InChI is InChI=1S/C20H26N4O/c1-14-19(15(2)24(21-14)17-8-5-4-6-9-17)13-22-12-18-10-7-11-23(18)20(25)16(22)3/h4-6,8-9,16,18H,7,10-13H2,1-3H3/t16-,18-/m0/s1. The van der Waals surface area contributed by atoms with E-state index in [1.807, 2.05) is 29.8 Å². The molecule has 132 valence electrons. The molecule has 25 heavy (non-hydrogen) atoms. The highest BCUT2D eigenvalue weighted by atomic mass is 16.2. The molecule has 0 aliphatic carbocycles. The molecule has 0 unspecified atom stereocenters. The van der Waals surface area contributed by atoms with E-state index in [4.69, 9.17) is 5.10 Å². The molecule has 2 saturated heterocycles. The molecule has 0 spiro atoms. The van der Waals surface area contributed by atoms with Gasteiger partial charge in [0.2, 0.25) is 5.91 Å². The fourth-order valence-electron chi connectivity index (χ4n) is 4.27. The number of carbonyl (C=O) groups excluding carboxylic acids is 1. The molecule has 0 N–H and O–H groups in total. The van der Waals surface area contributed by atoms with E-state index < -0.39 is 0 Å². The van der Waals surface area contributed by atoms with Crippen molar-refractivity contribution in [1.29, 1.82) is 0 Å². The van der Waals surface area contributed by atoms with E-state index in [9.17, 15) is 4.79 Å². The summed E-state index contributed by atoms with van der Waals surface area (Å²) in [4.78, 5) is 17.1. The monoisotopic (exact) mass is 338 g/mol. The summed E-state index contributed by atoms with van der Waals surface area (Å²) in [6, 6.07) is 10.6. The highest BCUT2D eigenvalue weighted by molar-refractivity contribution is 5.83. The number of nitrogens with zero attached hydrogens (tertiary/aromatic N) is 4. The number of piperazine rings is 1. The maximum Gasteiger partial charge on any atom is 0.239 e. The molecule has 2 aliphatic heterocycles. The van der Waals surface area contributed by atoms with Crippen molar-refractivity contribution in [3.63, 3.8) is 0 Å². The number of amides is 1. The average molecular weight is 338 g/mol. The van der Waals surface area contributed by atoms with E-state index in [-0.39, 0.29) is 6.04 Å². The Hall–Kier alpha value is -2.14. The molecular formula is C20H26N4O. The Morgan fingerprint density at radius 2 is 1.96 bits per heavy atom. The molecule has 5 nitrogen and oxygen atoms in total. The van der Waals surface area contributed by atoms with Crippen LogP contribution in [-0.4, -0.2) is 50.7 Å². The Bertz CT molecular complexity index is 782. The molecule has 2 atom stereocenters. The number of hydrogen-bond acceptors (Lipinski definition) is 3. The van der Waals surface area contributed by atoms with Crippen LogP contribution in [0.1, 0.15) is 36.7 Å². The first-order chi connectivity index (χ1) is 12.1. The first-order valence-electron chi connectivity index (χ1n) is 9.21. The van der Waals surface area contributed by atoms with Crippen molar-refractivity contribution < 1.29 is 4.79 Å². The van der Waals surface area contributed by atoms with Crippen LogP contribution in [0.4, 0.5) is 0 Å². The van der Waals surface area contributed by atoms with Gasteiger partial charge in [-0.15, -0.1) is 0 Å². The third kappa shape index (κ3) is 2.76. The third-order valence-corrected chi connectivity index (χ3v) is 5.81. The Balaban J connectivity index is 1.61. The summed E-state index contributed by atoms with van der Waals surface area (Å²) in [6.45, 7) is 8.94. The second-order valence-corrected chi connectivity index (χ2v) is 7.33. The highest BCUT2D eigenvalue weighted by Crippen LogP contribution is 2.28. The lowest BCUT2D eigenvalue weighted by atomic mass is 10.1. The number of carbonyl (C=O) groups is 1. The van der Waals surface area contributed by atoms with Gasteiger partial charge in [0.15, 0.2) is 0 Å². The maximum absolute atomic E-state index is 12.7.